The first-order chi connectivity index (χ1) is 8.24. The lowest BCUT2D eigenvalue weighted by Gasteiger charge is -2.13. The Bertz CT molecular complexity index is 424. The van der Waals surface area contributed by atoms with E-state index in [9.17, 15) is 4.79 Å². The fourth-order valence-corrected chi connectivity index (χ4v) is 2.04. The van der Waals surface area contributed by atoms with Crippen molar-refractivity contribution in [3.63, 3.8) is 0 Å². The molecule has 92 valence electrons. The van der Waals surface area contributed by atoms with E-state index >= 15 is 0 Å². The average Bonchev–Trinajstić information content (AvgIpc) is 2.51. The van der Waals surface area contributed by atoms with Crippen molar-refractivity contribution in [2.75, 3.05) is 13.2 Å². The maximum Gasteiger partial charge on any atom is 0.207 e. The number of ether oxygens (including phenoxy) is 2. The monoisotopic (exact) mass is 234 g/mol. The van der Waals surface area contributed by atoms with Crippen LogP contribution in [0.25, 0.3) is 0 Å². The Labute approximate surface area is 102 Å². The van der Waals surface area contributed by atoms with E-state index in [1.54, 1.807) is 0 Å². The SMILES string of the molecule is CCCc1cc(CC)c2c(c1)OCC(=O)CO2. The Hall–Kier alpha value is -1.51. The minimum atomic E-state index is -0.0136. The molecule has 1 heterocycles. The standard InChI is InChI=1S/C14H18O3/c1-3-5-10-6-11(4-2)14-13(7-10)16-8-12(15)9-17-14/h6-7H,3-5,8-9H2,1-2H3. The van der Waals surface area contributed by atoms with Crippen LogP contribution in [0.5, 0.6) is 11.5 Å². The van der Waals surface area contributed by atoms with Gasteiger partial charge in [0.15, 0.2) is 24.7 Å². The molecule has 0 saturated carbocycles. The molecule has 1 aliphatic rings. The third-order valence-electron chi connectivity index (χ3n) is 2.88. The smallest absolute Gasteiger partial charge is 0.207 e. The Morgan fingerprint density at radius 1 is 1.18 bits per heavy atom. The number of fused-ring (bicyclic) bond motifs is 1. The van der Waals surface area contributed by atoms with Crippen molar-refractivity contribution in [2.24, 2.45) is 0 Å². The minimum Gasteiger partial charge on any atom is -0.482 e. The van der Waals surface area contributed by atoms with Crippen LogP contribution in [0, 0.1) is 0 Å². The fraction of sp³-hybridized carbons (Fsp3) is 0.500. The van der Waals surface area contributed by atoms with Crippen molar-refractivity contribution in [1.82, 2.24) is 0 Å². The summed E-state index contributed by atoms with van der Waals surface area (Å²) in [4.78, 5) is 11.3. The Morgan fingerprint density at radius 3 is 2.65 bits per heavy atom. The predicted molar refractivity (Wildman–Crippen MR) is 65.8 cm³/mol. The van der Waals surface area contributed by atoms with Gasteiger partial charge in [0.25, 0.3) is 0 Å². The van der Waals surface area contributed by atoms with E-state index in [-0.39, 0.29) is 19.0 Å². The lowest BCUT2D eigenvalue weighted by molar-refractivity contribution is -0.122. The molecule has 1 aromatic rings. The molecule has 3 heteroatoms. The lowest BCUT2D eigenvalue weighted by Crippen LogP contribution is -2.15. The van der Waals surface area contributed by atoms with Crippen molar-refractivity contribution in [3.8, 4) is 11.5 Å². The third-order valence-corrected chi connectivity index (χ3v) is 2.88. The normalized spacial score (nSPS) is 14.6. The molecule has 1 aliphatic heterocycles. The summed E-state index contributed by atoms with van der Waals surface area (Å²) in [5.41, 5.74) is 2.38. The van der Waals surface area contributed by atoms with Gasteiger partial charge in [-0.25, -0.2) is 0 Å². The van der Waals surface area contributed by atoms with Gasteiger partial charge in [-0.2, -0.15) is 0 Å². The van der Waals surface area contributed by atoms with Crippen molar-refractivity contribution in [1.29, 1.82) is 0 Å². The zero-order valence-corrected chi connectivity index (χ0v) is 10.4. The van der Waals surface area contributed by atoms with Crippen LogP contribution in [0.2, 0.25) is 0 Å². The van der Waals surface area contributed by atoms with Crippen molar-refractivity contribution in [3.05, 3.63) is 23.3 Å². The second kappa shape index (κ2) is 5.21. The molecular formula is C14H18O3. The zero-order valence-electron chi connectivity index (χ0n) is 10.4. The molecule has 0 aromatic heterocycles. The number of hydrogen-bond acceptors (Lipinski definition) is 3. The summed E-state index contributed by atoms with van der Waals surface area (Å²) in [6.45, 7) is 4.47. The molecule has 0 atom stereocenters. The minimum absolute atomic E-state index is 0.0136. The molecule has 0 amide bonds. The number of aryl methyl sites for hydroxylation is 2. The van der Waals surface area contributed by atoms with E-state index in [1.165, 1.54) is 5.56 Å². The number of Topliss-reactive ketones (excluding diaryl/α,β-unsaturated/α-hetero) is 1. The van der Waals surface area contributed by atoms with Gasteiger partial charge in [0.2, 0.25) is 5.78 Å². The van der Waals surface area contributed by atoms with E-state index < -0.39 is 0 Å². The Morgan fingerprint density at radius 2 is 1.94 bits per heavy atom. The van der Waals surface area contributed by atoms with Crippen molar-refractivity contribution in [2.45, 2.75) is 33.1 Å². The van der Waals surface area contributed by atoms with Crippen LogP contribution in [-0.4, -0.2) is 19.0 Å². The van der Waals surface area contributed by atoms with Gasteiger partial charge in [-0.15, -0.1) is 0 Å². The number of hydrogen-bond donors (Lipinski definition) is 0. The number of rotatable bonds is 3. The average molecular weight is 234 g/mol. The van der Waals surface area contributed by atoms with Crippen LogP contribution >= 0.6 is 0 Å². The van der Waals surface area contributed by atoms with E-state index in [2.05, 4.69) is 19.9 Å². The van der Waals surface area contributed by atoms with Crippen LogP contribution in [0.15, 0.2) is 12.1 Å². The summed E-state index contributed by atoms with van der Waals surface area (Å²) in [6, 6.07) is 4.15. The van der Waals surface area contributed by atoms with E-state index in [0.29, 0.717) is 0 Å². The molecule has 0 aliphatic carbocycles. The molecule has 3 nitrogen and oxygen atoms in total. The van der Waals surface area contributed by atoms with Crippen molar-refractivity contribution >= 4 is 5.78 Å². The lowest BCUT2D eigenvalue weighted by atomic mass is 10.0. The molecule has 0 spiro atoms. The predicted octanol–water partition coefficient (Wildman–Crippen LogP) is 2.54. The van der Waals surface area contributed by atoms with E-state index in [4.69, 9.17) is 9.47 Å². The fourth-order valence-electron chi connectivity index (χ4n) is 2.04. The van der Waals surface area contributed by atoms with Crippen LogP contribution < -0.4 is 9.47 Å². The molecule has 0 bridgehead atoms. The maximum absolute atomic E-state index is 11.3. The molecule has 0 radical (unpaired) electrons. The summed E-state index contributed by atoms with van der Waals surface area (Å²) in [5.74, 6) is 1.46. The summed E-state index contributed by atoms with van der Waals surface area (Å²) < 4.78 is 11.1. The number of carbonyl (C=O) groups is 1. The maximum atomic E-state index is 11.3. The first-order valence-electron chi connectivity index (χ1n) is 6.17. The largest absolute Gasteiger partial charge is 0.482 e. The summed E-state index contributed by atoms with van der Waals surface area (Å²) in [7, 11) is 0. The van der Waals surface area contributed by atoms with Crippen LogP contribution in [-0.2, 0) is 17.6 Å². The summed E-state index contributed by atoms with van der Waals surface area (Å²) in [6.07, 6.45) is 3.01. The number of benzene rings is 1. The first-order valence-corrected chi connectivity index (χ1v) is 6.17. The Kier molecular flexibility index (Phi) is 3.67. The van der Waals surface area contributed by atoms with Gasteiger partial charge in [-0.3, -0.25) is 4.79 Å². The number of carbonyl (C=O) groups excluding carboxylic acids is 1. The zero-order chi connectivity index (χ0) is 12.3. The molecule has 1 aromatic carbocycles. The third kappa shape index (κ3) is 2.60. The van der Waals surface area contributed by atoms with Gasteiger partial charge < -0.3 is 9.47 Å². The second-order valence-corrected chi connectivity index (χ2v) is 4.30. The van der Waals surface area contributed by atoms with E-state index in [1.807, 2.05) is 6.07 Å². The molecule has 0 saturated heterocycles. The van der Waals surface area contributed by atoms with Crippen LogP contribution in [0.4, 0.5) is 0 Å². The Balaban J connectivity index is 2.39. The highest BCUT2D eigenvalue weighted by Crippen LogP contribution is 2.35. The molecule has 0 N–H and O–H groups in total. The molecule has 2 rings (SSSR count). The highest BCUT2D eigenvalue weighted by Gasteiger charge is 2.18. The van der Waals surface area contributed by atoms with Gasteiger partial charge >= 0.3 is 0 Å². The quantitative estimate of drug-likeness (QED) is 0.806. The van der Waals surface area contributed by atoms with E-state index in [0.717, 1.165) is 36.3 Å². The van der Waals surface area contributed by atoms with Gasteiger partial charge in [-0.05, 0) is 30.0 Å². The summed E-state index contributed by atoms with van der Waals surface area (Å²) in [5, 5.41) is 0. The van der Waals surface area contributed by atoms with Gasteiger partial charge in [0, 0.05) is 0 Å². The van der Waals surface area contributed by atoms with Gasteiger partial charge in [0.1, 0.15) is 0 Å². The molecule has 0 fully saturated rings. The van der Waals surface area contributed by atoms with Gasteiger partial charge in [0.05, 0.1) is 0 Å². The van der Waals surface area contributed by atoms with Gasteiger partial charge in [-0.1, -0.05) is 26.3 Å². The molecule has 0 unspecified atom stereocenters. The highest BCUT2D eigenvalue weighted by molar-refractivity contribution is 5.82. The van der Waals surface area contributed by atoms with Crippen LogP contribution in [0.3, 0.4) is 0 Å². The van der Waals surface area contributed by atoms with Crippen LogP contribution in [0.1, 0.15) is 31.4 Å². The number of ketones is 1. The molecular weight excluding hydrogens is 216 g/mol. The molecule has 17 heavy (non-hydrogen) atoms. The highest BCUT2D eigenvalue weighted by atomic mass is 16.5. The summed E-state index contributed by atoms with van der Waals surface area (Å²) >= 11 is 0. The first kappa shape index (κ1) is 12.0. The van der Waals surface area contributed by atoms with Crippen molar-refractivity contribution < 1.29 is 14.3 Å². The topological polar surface area (TPSA) is 35.5 Å². The second-order valence-electron chi connectivity index (χ2n) is 4.30.